The molecule has 1 atom stereocenters. The van der Waals surface area contributed by atoms with Crippen molar-refractivity contribution < 1.29 is 9.18 Å². The van der Waals surface area contributed by atoms with Gasteiger partial charge in [0.2, 0.25) is 5.91 Å². The minimum Gasteiger partial charge on any atom is -0.397 e. The molecule has 1 aliphatic heterocycles. The van der Waals surface area contributed by atoms with E-state index in [1.165, 1.54) is 31.0 Å². The van der Waals surface area contributed by atoms with Gasteiger partial charge in [-0.1, -0.05) is 12.8 Å². The molecule has 0 saturated carbocycles. The van der Waals surface area contributed by atoms with Gasteiger partial charge in [-0.15, -0.1) is 0 Å². The van der Waals surface area contributed by atoms with Gasteiger partial charge in [0.1, 0.15) is 5.82 Å². The summed E-state index contributed by atoms with van der Waals surface area (Å²) in [5.41, 5.74) is 6.41. The van der Waals surface area contributed by atoms with Crippen molar-refractivity contribution >= 4 is 17.3 Å². The maximum Gasteiger partial charge on any atom is 0.238 e. The molecule has 0 aliphatic carbocycles. The van der Waals surface area contributed by atoms with Crippen molar-refractivity contribution in [2.24, 2.45) is 0 Å². The SMILES string of the molecule is CC1CCCCCN1CC(=O)Nc1ccc(F)cc1N. The number of nitrogens with zero attached hydrogens (tertiary/aromatic N) is 1. The largest absolute Gasteiger partial charge is 0.397 e. The predicted octanol–water partition coefficient (Wildman–Crippen LogP) is 2.61. The minimum absolute atomic E-state index is 0.0999. The zero-order valence-corrected chi connectivity index (χ0v) is 11.9. The van der Waals surface area contributed by atoms with Gasteiger partial charge in [-0.25, -0.2) is 4.39 Å². The second-order valence-corrected chi connectivity index (χ2v) is 5.45. The average Bonchev–Trinajstić information content (AvgIpc) is 2.59. The van der Waals surface area contributed by atoms with E-state index in [4.69, 9.17) is 5.73 Å². The van der Waals surface area contributed by atoms with Gasteiger partial charge in [0.25, 0.3) is 0 Å². The third-order valence-electron chi connectivity index (χ3n) is 3.82. The van der Waals surface area contributed by atoms with Gasteiger partial charge in [-0.05, 0) is 44.5 Å². The predicted molar refractivity (Wildman–Crippen MR) is 78.9 cm³/mol. The smallest absolute Gasteiger partial charge is 0.238 e. The number of carbonyl (C=O) groups excluding carboxylic acids is 1. The van der Waals surface area contributed by atoms with Crippen LogP contribution in [0.4, 0.5) is 15.8 Å². The number of amides is 1. The lowest BCUT2D eigenvalue weighted by atomic mass is 10.1. The third-order valence-corrected chi connectivity index (χ3v) is 3.82. The van der Waals surface area contributed by atoms with Gasteiger partial charge >= 0.3 is 0 Å². The minimum atomic E-state index is -0.401. The van der Waals surface area contributed by atoms with Crippen molar-refractivity contribution in [3.05, 3.63) is 24.0 Å². The summed E-state index contributed by atoms with van der Waals surface area (Å²) in [7, 11) is 0. The number of nitrogen functional groups attached to an aromatic ring is 1. The highest BCUT2D eigenvalue weighted by Gasteiger charge is 2.19. The van der Waals surface area contributed by atoms with Crippen LogP contribution in [-0.4, -0.2) is 29.9 Å². The Morgan fingerprint density at radius 1 is 1.45 bits per heavy atom. The van der Waals surface area contributed by atoms with Crippen molar-refractivity contribution in [2.75, 3.05) is 24.1 Å². The molecule has 3 N–H and O–H groups in total. The van der Waals surface area contributed by atoms with E-state index in [0.717, 1.165) is 19.4 Å². The van der Waals surface area contributed by atoms with Crippen LogP contribution in [0.5, 0.6) is 0 Å². The number of benzene rings is 1. The number of carbonyl (C=O) groups is 1. The van der Waals surface area contributed by atoms with Crippen molar-refractivity contribution in [1.29, 1.82) is 0 Å². The Balaban J connectivity index is 1.94. The summed E-state index contributed by atoms with van der Waals surface area (Å²) < 4.78 is 13.0. The van der Waals surface area contributed by atoms with Gasteiger partial charge in [0.05, 0.1) is 17.9 Å². The molecule has 1 unspecified atom stereocenters. The number of nitrogens with one attached hydrogen (secondary N) is 1. The van der Waals surface area contributed by atoms with Crippen LogP contribution in [0, 0.1) is 5.82 Å². The fourth-order valence-electron chi connectivity index (χ4n) is 2.59. The van der Waals surface area contributed by atoms with Crippen LogP contribution >= 0.6 is 0 Å². The second-order valence-electron chi connectivity index (χ2n) is 5.45. The topological polar surface area (TPSA) is 58.4 Å². The second kappa shape index (κ2) is 6.70. The molecule has 0 bridgehead atoms. The van der Waals surface area contributed by atoms with Gasteiger partial charge < -0.3 is 11.1 Å². The Hall–Kier alpha value is -1.62. The van der Waals surface area contributed by atoms with Crippen molar-refractivity contribution in [2.45, 2.75) is 38.6 Å². The summed E-state index contributed by atoms with van der Waals surface area (Å²) >= 11 is 0. The summed E-state index contributed by atoms with van der Waals surface area (Å²) in [6.07, 6.45) is 4.72. The molecule has 0 spiro atoms. The normalized spacial score (nSPS) is 20.4. The van der Waals surface area contributed by atoms with Crippen molar-refractivity contribution in [3.8, 4) is 0 Å². The number of likely N-dealkylation sites (tertiary alicyclic amines) is 1. The zero-order valence-electron chi connectivity index (χ0n) is 11.9. The summed E-state index contributed by atoms with van der Waals surface area (Å²) in [6, 6.07) is 4.42. The van der Waals surface area contributed by atoms with Crippen LogP contribution in [0.25, 0.3) is 0 Å². The molecule has 1 heterocycles. The van der Waals surface area contributed by atoms with E-state index < -0.39 is 5.82 Å². The Morgan fingerprint density at radius 2 is 2.25 bits per heavy atom. The first kappa shape index (κ1) is 14.8. The number of halogens is 1. The van der Waals surface area contributed by atoms with E-state index in [1.807, 2.05) is 0 Å². The molecule has 1 amide bonds. The molecule has 5 heteroatoms. The van der Waals surface area contributed by atoms with E-state index in [-0.39, 0.29) is 11.6 Å². The van der Waals surface area contributed by atoms with Gasteiger partial charge in [0, 0.05) is 6.04 Å². The van der Waals surface area contributed by atoms with Crippen LogP contribution < -0.4 is 11.1 Å². The summed E-state index contributed by atoms with van der Waals surface area (Å²) in [4.78, 5) is 14.3. The van der Waals surface area contributed by atoms with Crippen molar-refractivity contribution in [1.82, 2.24) is 4.90 Å². The quantitative estimate of drug-likeness (QED) is 0.836. The lowest BCUT2D eigenvalue weighted by Crippen LogP contribution is -2.39. The van der Waals surface area contributed by atoms with E-state index >= 15 is 0 Å². The molecular weight excluding hydrogens is 257 g/mol. The standard InChI is InChI=1S/C15H22FN3O/c1-11-5-3-2-4-8-19(11)10-15(20)18-14-7-6-12(16)9-13(14)17/h6-7,9,11H,2-5,8,10,17H2,1H3,(H,18,20). The molecule has 20 heavy (non-hydrogen) atoms. The van der Waals surface area contributed by atoms with E-state index in [1.54, 1.807) is 0 Å². The highest BCUT2D eigenvalue weighted by atomic mass is 19.1. The third kappa shape index (κ3) is 3.93. The Bertz CT molecular complexity index is 478. The number of hydrogen-bond donors (Lipinski definition) is 2. The van der Waals surface area contributed by atoms with Crippen LogP contribution in [0.2, 0.25) is 0 Å². The molecule has 0 aromatic heterocycles. The van der Waals surface area contributed by atoms with E-state index in [0.29, 0.717) is 18.3 Å². The number of anilines is 2. The summed E-state index contributed by atoms with van der Waals surface area (Å²) in [5.74, 6) is -0.501. The first-order chi connectivity index (χ1) is 9.56. The Morgan fingerprint density at radius 3 is 3.00 bits per heavy atom. The van der Waals surface area contributed by atoms with Crippen LogP contribution in [0.3, 0.4) is 0 Å². The number of nitrogens with two attached hydrogens (primary N) is 1. The lowest BCUT2D eigenvalue weighted by Gasteiger charge is -2.26. The highest BCUT2D eigenvalue weighted by molar-refractivity contribution is 5.95. The lowest BCUT2D eigenvalue weighted by molar-refractivity contribution is -0.117. The fourth-order valence-corrected chi connectivity index (χ4v) is 2.59. The van der Waals surface area contributed by atoms with Gasteiger partial charge in [-0.3, -0.25) is 9.69 Å². The molecule has 0 radical (unpaired) electrons. The van der Waals surface area contributed by atoms with Gasteiger partial charge in [-0.2, -0.15) is 0 Å². The number of rotatable bonds is 3. The monoisotopic (exact) mass is 279 g/mol. The molecule has 1 saturated heterocycles. The van der Waals surface area contributed by atoms with E-state index in [9.17, 15) is 9.18 Å². The molecule has 4 nitrogen and oxygen atoms in total. The van der Waals surface area contributed by atoms with Crippen LogP contribution in [-0.2, 0) is 4.79 Å². The summed E-state index contributed by atoms with van der Waals surface area (Å²) in [6.45, 7) is 3.47. The average molecular weight is 279 g/mol. The molecule has 1 aromatic carbocycles. The Kier molecular flexibility index (Phi) is 4.95. The first-order valence-corrected chi connectivity index (χ1v) is 7.15. The molecular formula is C15H22FN3O. The highest BCUT2D eigenvalue weighted by Crippen LogP contribution is 2.20. The zero-order chi connectivity index (χ0) is 14.5. The maximum absolute atomic E-state index is 13.0. The van der Waals surface area contributed by atoms with E-state index in [2.05, 4.69) is 17.1 Å². The molecule has 1 fully saturated rings. The van der Waals surface area contributed by atoms with Crippen molar-refractivity contribution in [3.63, 3.8) is 0 Å². The number of hydrogen-bond acceptors (Lipinski definition) is 3. The molecule has 1 aliphatic rings. The summed E-state index contributed by atoms with van der Waals surface area (Å²) in [5, 5.41) is 2.75. The fraction of sp³-hybridized carbons (Fsp3) is 0.533. The first-order valence-electron chi connectivity index (χ1n) is 7.15. The van der Waals surface area contributed by atoms with Gasteiger partial charge in [0.15, 0.2) is 0 Å². The molecule has 110 valence electrons. The van der Waals surface area contributed by atoms with Crippen LogP contribution in [0.15, 0.2) is 18.2 Å². The maximum atomic E-state index is 13.0. The molecule has 2 rings (SSSR count). The van der Waals surface area contributed by atoms with Crippen LogP contribution in [0.1, 0.15) is 32.6 Å². The molecule has 1 aromatic rings. The Labute approximate surface area is 119 Å².